The lowest BCUT2D eigenvalue weighted by Gasteiger charge is -2.29. The van der Waals surface area contributed by atoms with Crippen LogP contribution in [0.15, 0.2) is 42.5 Å². The number of fused-ring (bicyclic) bond motifs is 1. The van der Waals surface area contributed by atoms with Crippen LogP contribution in [0.3, 0.4) is 0 Å². The Kier molecular flexibility index (Phi) is 5.20. The highest BCUT2D eigenvalue weighted by atomic mass is 32.2. The van der Waals surface area contributed by atoms with E-state index in [1.807, 2.05) is 12.1 Å². The summed E-state index contributed by atoms with van der Waals surface area (Å²) in [5, 5.41) is 10.00. The molecule has 0 N–H and O–H groups in total. The lowest BCUT2D eigenvalue weighted by Crippen LogP contribution is -2.29. The van der Waals surface area contributed by atoms with Gasteiger partial charge in [0.15, 0.2) is 6.61 Å². The van der Waals surface area contributed by atoms with Gasteiger partial charge in [-0.15, -0.1) is 0 Å². The van der Waals surface area contributed by atoms with Gasteiger partial charge < -0.3 is 9.64 Å². The number of nitriles is 1. The van der Waals surface area contributed by atoms with Crippen LogP contribution in [0.25, 0.3) is 0 Å². The maximum atomic E-state index is 12.6. The highest BCUT2D eigenvalue weighted by molar-refractivity contribution is 7.93. The van der Waals surface area contributed by atoms with Crippen LogP contribution in [-0.2, 0) is 10.0 Å². The SMILES string of the molecule is N#CC1c2ccc(OCC(F)(F)F)cc2N(C2CC2)C1c1ccc(N2CCCS2(=O)=O)cc1. The Bertz CT molecular complexity index is 1200. The molecule has 1 aliphatic carbocycles. The van der Waals surface area contributed by atoms with Crippen LogP contribution in [-0.4, -0.2) is 39.5 Å². The molecule has 1 saturated carbocycles. The van der Waals surface area contributed by atoms with Crippen LogP contribution in [0.2, 0.25) is 0 Å². The number of nitrogens with zero attached hydrogens (tertiary/aromatic N) is 3. The van der Waals surface area contributed by atoms with Crippen LogP contribution in [0, 0.1) is 11.3 Å². The highest BCUT2D eigenvalue weighted by Crippen LogP contribution is 2.54. The molecule has 10 heteroatoms. The summed E-state index contributed by atoms with van der Waals surface area (Å²) in [5.74, 6) is -0.250. The molecule has 0 bridgehead atoms. The highest BCUT2D eigenvalue weighted by Gasteiger charge is 2.46. The zero-order valence-corrected chi connectivity index (χ0v) is 18.4. The molecule has 0 aromatic heterocycles. The Morgan fingerprint density at radius 2 is 1.85 bits per heavy atom. The number of halogens is 3. The summed E-state index contributed by atoms with van der Waals surface area (Å²) in [6, 6.07) is 14.2. The van der Waals surface area contributed by atoms with E-state index < -0.39 is 28.7 Å². The average molecular weight is 478 g/mol. The monoisotopic (exact) mass is 477 g/mol. The number of ether oxygens (including phenoxy) is 1. The molecule has 1 saturated heterocycles. The Labute approximate surface area is 190 Å². The molecule has 0 amide bonds. The molecule has 6 nitrogen and oxygen atoms in total. The summed E-state index contributed by atoms with van der Waals surface area (Å²) in [7, 11) is -3.29. The van der Waals surface area contributed by atoms with Crippen LogP contribution in [0.5, 0.6) is 5.75 Å². The third kappa shape index (κ3) is 4.10. The first-order chi connectivity index (χ1) is 15.7. The number of benzene rings is 2. The summed E-state index contributed by atoms with van der Waals surface area (Å²) < 4.78 is 68.6. The van der Waals surface area contributed by atoms with Crippen molar-refractivity contribution in [3.05, 3.63) is 53.6 Å². The fourth-order valence-electron chi connectivity index (χ4n) is 4.78. The number of anilines is 2. The van der Waals surface area contributed by atoms with E-state index in [9.17, 15) is 26.9 Å². The van der Waals surface area contributed by atoms with E-state index in [1.54, 1.807) is 24.3 Å². The van der Waals surface area contributed by atoms with Crippen molar-refractivity contribution < 1.29 is 26.3 Å². The number of hydrogen-bond acceptors (Lipinski definition) is 5. The molecule has 3 aliphatic rings. The summed E-state index contributed by atoms with van der Waals surface area (Å²) in [5.41, 5.74) is 2.95. The van der Waals surface area contributed by atoms with E-state index >= 15 is 0 Å². The van der Waals surface area contributed by atoms with Gasteiger partial charge in [0, 0.05) is 24.3 Å². The minimum atomic E-state index is -4.43. The zero-order chi connectivity index (χ0) is 23.4. The standard InChI is InChI=1S/C23H22F3N3O3S/c24-23(25,26)14-32-18-8-9-19-20(13-27)22(29(17-6-7-17)21(19)12-18)15-2-4-16(5-3-15)28-10-1-11-33(28,30)31/h2-5,8-9,12,17,20,22H,1,6-7,10-11,14H2. The number of rotatable bonds is 5. The smallest absolute Gasteiger partial charge is 0.422 e. The predicted molar refractivity (Wildman–Crippen MR) is 117 cm³/mol. The normalized spacial score (nSPS) is 23.9. The zero-order valence-electron chi connectivity index (χ0n) is 17.6. The van der Waals surface area contributed by atoms with E-state index in [0.717, 1.165) is 29.7 Å². The van der Waals surface area contributed by atoms with Gasteiger partial charge in [-0.25, -0.2) is 8.42 Å². The van der Waals surface area contributed by atoms with E-state index in [4.69, 9.17) is 4.74 Å². The summed E-state index contributed by atoms with van der Waals surface area (Å²) in [6.45, 7) is -0.923. The lowest BCUT2D eigenvalue weighted by atomic mass is 9.91. The summed E-state index contributed by atoms with van der Waals surface area (Å²) >= 11 is 0. The topological polar surface area (TPSA) is 73.6 Å². The first-order valence-electron chi connectivity index (χ1n) is 10.8. The third-order valence-electron chi connectivity index (χ3n) is 6.33. The quantitative estimate of drug-likeness (QED) is 0.634. The van der Waals surface area contributed by atoms with E-state index in [0.29, 0.717) is 18.7 Å². The molecule has 2 fully saturated rings. The largest absolute Gasteiger partial charge is 0.484 e. The number of sulfonamides is 1. The van der Waals surface area contributed by atoms with Crippen molar-refractivity contribution in [2.75, 3.05) is 28.1 Å². The van der Waals surface area contributed by atoms with Crippen molar-refractivity contribution in [3.8, 4) is 11.8 Å². The van der Waals surface area contributed by atoms with Gasteiger partial charge in [-0.05, 0) is 48.6 Å². The molecule has 2 unspecified atom stereocenters. The molecule has 2 aromatic rings. The lowest BCUT2D eigenvalue weighted by molar-refractivity contribution is -0.153. The Balaban J connectivity index is 1.47. The molecule has 2 atom stereocenters. The van der Waals surface area contributed by atoms with Crippen LogP contribution in [0.4, 0.5) is 24.5 Å². The Morgan fingerprint density at radius 1 is 1.12 bits per heavy atom. The molecule has 174 valence electrons. The van der Waals surface area contributed by atoms with E-state index in [2.05, 4.69) is 11.0 Å². The van der Waals surface area contributed by atoms with Crippen molar-refractivity contribution >= 4 is 21.4 Å². The predicted octanol–water partition coefficient (Wildman–Crippen LogP) is 4.50. The molecule has 2 aliphatic heterocycles. The van der Waals surface area contributed by atoms with Crippen molar-refractivity contribution in [1.29, 1.82) is 5.26 Å². The van der Waals surface area contributed by atoms with Crippen molar-refractivity contribution in [1.82, 2.24) is 0 Å². The molecule has 33 heavy (non-hydrogen) atoms. The van der Waals surface area contributed by atoms with Gasteiger partial charge in [-0.3, -0.25) is 4.31 Å². The molecule has 2 heterocycles. The first kappa shape index (κ1) is 21.9. The van der Waals surface area contributed by atoms with Gasteiger partial charge in [0.2, 0.25) is 10.0 Å². The van der Waals surface area contributed by atoms with Gasteiger partial charge in [0.05, 0.1) is 29.5 Å². The Morgan fingerprint density at radius 3 is 2.42 bits per heavy atom. The second-order valence-electron chi connectivity index (χ2n) is 8.65. The van der Waals surface area contributed by atoms with Crippen molar-refractivity contribution in [3.63, 3.8) is 0 Å². The Hall–Kier alpha value is -2.93. The van der Waals surface area contributed by atoms with Gasteiger partial charge >= 0.3 is 6.18 Å². The number of alkyl halides is 3. The van der Waals surface area contributed by atoms with Crippen molar-refractivity contribution in [2.45, 2.75) is 43.4 Å². The molecule has 5 rings (SSSR count). The average Bonchev–Trinajstić information content (AvgIpc) is 3.47. The van der Waals surface area contributed by atoms with Crippen LogP contribution in [0.1, 0.15) is 42.3 Å². The summed E-state index contributed by atoms with van der Waals surface area (Å²) in [6.07, 6.45) is -1.97. The third-order valence-corrected chi connectivity index (χ3v) is 8.20. The van der Waals surface area contributed by atoms with Gasteiger partial charge in [0.1, 0.15) is 5.75 Å². The fourth-order valence-corrected chi connectivity index (χ4v) is 6.35. The molecular formula is C23H22F3N3O3S. The maximum absolute atomic E-state index is 12.6. The minimum absolute atomic E-state index is 0.114. The van der Waals surface area contributed by atoms with Gasteiger partial charge in [0.25, 0.3) is 0 Å². The second-order valence-corrected chi connectivity index (χ2v) is 10.7. The van der Waals surface area contributed by atoms with Gasteiger partial charge in [-0.1, -0.05) is 18.2 Å². The van der Waals surface area contributed by atoms with E-state index in [-0.39, 0.29) is 23.6 Å². The van der Waals surface area contributed by atoms with Gasteiger partial charge in [-0.2, -0.15) is 18.4 Å². The van der Waals surface area contributed by atoms with Crippen molar-refractivity contribution in [2.24, 2.45) is 0 Å². The summed E-state index contributed by atoms with van der Waals surface area (Å²) in [4.78, 5) is 2.12. The molecular weight excluding hydrogens is 455 g/mol. The fraction of sp³-hybridized carbons (Fsp3) is 0.435. The molecule has 0 spiro atoms. The second kappa shape index (κ2) is 7.83. The molecule has 2 aromatic carbocycles. The molecule has 0 radical (unpaired) electrons. The van der Waals surface area contributed by atoms with Crippen LogP contribution >= 0.6 is 0 Å². The first-order valence-corrected chi connectivity index (χ1v) is 12.4. The van der Waals surface area contributed by atoms with Crippen LogP contribution < -0.4 is 13.9 Å². The number of hydrogen-bond donors (Lipinski definition) is 0. The maximum Gasteiger partial charge on any atom is 0.422 e. The minimum Gasteiger partial charge on any atom is -0.484 e. The van der Waals surface area contributed by atoms with E-state index in [1.165, 1.54) is 10.4 Å².